The summed E-state index contributed by atoms with van der Waals surface area (Å²) in [7, 11) is 0. The highest BCUT2D eigenvalue weighted by Gasteiger charge is 2.18. The zero-order valence-electron chi connectivity index (χ0n) is 14.7. The third kappa shape index (κ3) is 4.33. The molecule has 0 aliphatic heterocycles. The molecule has 26 heavy (non-hydrogen) atoms. The molecule has 0 atom stereocenters. The second kappa shape index (κ2) is 8.68. The maximum absolute atomic E-state index is 12.6. The fraction of sp³-hybridized carbons (Fsp3) is 0.238. The smallest absolute Gasteiger partial charge is 0.226 e. The molecular weight excluding hydrogens is 348 g/mol. The lowest BCUT2D eigenvalue weighted by Gasteiger charge is -2.17. The number of benzene rings is 2. The van der Waals surface area contributed by atoms with Gasteiger partial charge in [0.05, 0.1) is 12.1 Å². The van der Waals surface area contributed by atoms with E-state index >= 15 is 0 Å². The van der Waals surface area contributed by atoms with Crippen LogP contribution in [-0.2, 0) is 13.0 Å². The summed E-state index contributed by atoms with van der Waals surface area (Å²) in [6, 6.07) is 19.3. The lowest BCUT2D eigenvalue weighted by molar-refractivity contribution is 0.401. The molecule has 0 saturated heterocycles. The van der Waals surface area contributed by atoms with Crippen LogP contribution in [0.2, 0.25) is 5.15 Å². The van der Waals surface area contributed by atoms with Crippen molar-refractivity contribution >= 4 is 11.6 Å². The van der Waals surface area contributed by atoms with Gasteiger partial charge in [-0.15, -0.1) is 0 Å². The van der Waals surface area contributed by atoms with E-state index < -0.39 is 0 Å². The van der Waals surface area contributed by atoms with Crippen molar-refractivity contribution in [3.63, 3.8) is 0 Å². The molecule has 0 aliphatic carbocycles. The molecule has 0 radical (unpaired) electrons. The largest absolute Gasteiger partial charge is 0.439 e. The van der Waals surface area contributed by atoms with Crippen LogP contribution in [0.15, 0.2) is 65.5 Å². The number of ether oxygens (including phenoxy) is 1. The second-order valence-electron chi connectivity index (χ2n) is 6.07. The van der Waals surface area contributed by atoms with E-state index in [4.69, 9.17) is 16.3 Å². The van der Waals surface area contributed by atoms with Crippen LogP contribution in [0, 0.1) is 0 Å². The van der Waals surface area contributed by atoms with Crippen LogP contribution in [0.1, 0.15) is 30.9 Å². The zero-order valence-corrected chi connectivity index (χ0v) is 15.4. The Kier molecular flexibility index (Phi) is 6.08. The van der Waals surface area contributed by atoms with Gasteiger partial charge in [0.15, 0.2) is 5.15 Å². The molecule has 0 bridgehead atoms. The normalized spacial score (nSPS) is 10.7. The van der Waals surface area contributed by atoms with E-state index in [1.165, 1.54) is 0 Å². The number of hydrogen-bond donors (Lipinski definition) is 0. The van der Waals surface area contributed by atoms with Gasteiger partial charge >= 0.3 is 0 Å². The van der Waals surface area contributed by atoms with Crippen LogP contribution in [0.25, 0.3) is 0 Å². The van der Waals surface area contributed by atoms with Crippen LogP contribution in [0.5, 0.6) is 11.6 Å². The number of rotatable bonds is 7. The van der Waals surface area contributed by atoms with Gasteiger partial charge in [0.1, 0.15) is 5.75 Å². The molecule has 0 N–H and O–H groups in total. The molecule has 4 nitrogen and oxygen atoms in total. The first-order valence-electron chi connectivity index (χ1n) is 8.75. The Hall–Kier alpha value is -2.59. The van der Waals surface area contributed by atoms with Crippen molar-refractivity contribution in [2.75, 3.05) is 0 Å². The lowest BCUT2D eigenvalue weighted by atomic mass is 10.1. The van der Waals surface area contributed by atoms with E-state index in [1.54, 1.807) is 4.68 Å². The summed E-state index contributed by atoms with van der Waals surface area (Å²) in [6.45, 7) is 2.56. The first-order chi connectivity index (χ1) is 12.7. The molecule has 2 aromatic carbocycles. The summed E-state index contributed by atoms with van der Waals surface area (Å²) in [5.74, 6) is 1.12. The highest BCUT2D eigenvalue weighted by atomic mass is 35.5. The summed E-state index contributed by atoms with van der Waals surface area (Å²) in [5.41, 5.74) is 1.38. The van der Waals surface area contributed by atoms with Crippen LogP contribution in [0.3, 0.4) is 0 Å². The number of aromatic nitrogens is 2. The summed E-state index contributed by atoms with van der Waals surface area (Å²) in [6.07, 6.45) is 2.46. The fourth-order valence-electron chi connectivity index (χ4n) is 2.73. The van der Waals surface area contributed by atoms with Crippen LogP contribution < -0.4 is 10.2 Å². The standard InChI is InChI=1S/C21H21ClN2O2/c1-2-3-14-18-19(25)20(22)23-24(15-16-10-6-4-7-11-16)21(18)26-17-12-8-5-9-13-17/h4-13H,2-3,14-15H2,1H3. The van der Waals surface area contributed by atoms with Gasteiger partial charge in [-0.2, -0.15) is 5.10 Å². The molecule has 3 rings (SSSR count). The summed E-state index contributed by atoms with van der Waals surface area (Å²) < 4.78 is 7.77. The molecular formula is C21H21ClN2O2. The van der Waals surface area contributed by atoms with E-state index in [1.807, 2.05) is 60.7 Å². The van der Waals surface area contributed by atoms with Gasteiger partial charge in [-0.3, -0.25) is 4.79 Å². The minimum Gasteiger partial charge on any atom is -0.439 e. The van der Waals surface area contributed by atoms with Crippen LogP contribution >= 0.6 is 11.6 Å². The Balaban J connectivity index is 2.08. The molecule has 0 saturated carbocycles. The molecule has 1 aromatic heterocycles. The lowest BCUT2D eigenvalue weighted by Crippen LogP contribution is -2.21. The number of nitrogens with zero attached hydrogens (tertiary/aromatic N) is 2. The summed E-state index contributed by atoms with van der Waals surface area (Å²) in [5, 5.41) is 4.26. The number of para-hydroxylation sites is 1. The van der Waals surface area contributed by atoms with Crippen molar-refractivity contribution < 1.29 is 4.74 Å². The van der Waals surface area contributed by atoms with E-state index in [2.05, 4.69) is 12.0 Å². The zero-order chi connectivity index (χ0) is 18.4. The fourth-order valence-corrected chi connectivity index (χ4v) is 2.93. The van der Waals surface area contributed by atoms with Gasteiger partial charge in [0, 0.05) is 0 Å². The Morgan fingerprint density at radius 1 is 1.04 bits per heavy atom. The van der Waals surface area contributed by atoms with Crippen molar-refractivity contribution in [1.29, 1.82) is 0 Å². The van der Waals surface area contributed by atoms with Gasteiger partial charge in [0.2, 0.25) is 11.3 Å². The number of hydrogen-bond acceptors (Lipinski definition) is 3. The van der Waals surface area contributed by atoms with Crippen molar-refractivity contribution in [3.05, 3.63) is 87.2 Å². The number of unbranched alkanes of at least 4 members (excludes halogenated alkanes) is 1. The Morgan fingerprint density at radius 2 is 1.69 bits per heavy atom. The molecule has 1 heterocycles. The topological polar surface area (TPSA) is 44.1 Å². The summed E-state index contributed by atoms with van der Waals surface area (Å²) >= 11 is 6.14. The van der Waals surface area contributed by atoms with Gasteiger partial charge in [0.25, 0.3) is 0 Å². The van der Waals surface area contributed by atoms with Gasteiger partial charge in [-0.1, -0.05) is 73.5 Å². The molecule has 0 fully saturated rings. The SMILES string of the molecule is CCCCc1c(Oc2ccccc2)n(Cc2ccccc2)nc(Cl)c1=O. The molecule has 134 valence electrons. The van der Waals surface area contributed by atoms with Crippen molar-refractivity contribution in [3.8, 4) is 11.6 Å². The monoisotopic (exact) mass is 368 g/mol. The van der Waals surface area contributed by atoms with Gasteiger partial charge < -0.3 is 4.74 Å². The highest BCUT2D eigenvalue weighted by molar-refractivity contribution is 6.29. The van der Waals surface area contributed by atoms with Crippen molar-refractivity contribution in [2.24, 2.45) is 0 Å². The first kappa shape index (κ1) is 18.2. The maximum atomic E-state index is 12.6. The molecule has 0 amide bonds. The first-order valence-corrected chi connectivity index (χ1v) is 9.13. The molecule has 5 heteroatoms. The third-order valence-corrected chi connectivity index (χ3v) is 4.32. The van der Waals surface area contributed by atoms with Crippen LogP contribution in [0.4, 0.5) is 0 Å². The molecule has 3 aromatic rings. The second-order valence-corrected chi connectivity index (χ2v) is 6.42. The summed E-state index contributed by atoms with van der Waals surface area (Å²) in [4.78, 5) is 12.6. The van der Waals surface area contributed by atoms with E-state index in [0.29, 0.717) is 30.2 Å². The van der Waals surface area contributed by atoms with Crippen LogP contribution in [-0.4, -0.2) is 9.78 Å². The maximum Gasteiger partial charge on any atom is 0.226 e. The molecule has 0 spiro atoms. The van der Waals surface area contributed by atoms with Gasteiger partial charge in [-0.25, -0.2) is 4.68 Å². The van der Waals surface area contributed by atoms with Crippen molar-refractivity contribution in [1.82, 2.24) is 9.78 Å². The predicted octanol–water partition coefficient (Wildman–Crippen LogP) is 5.08. The van der Waals surface area contributed by atoms with Gasteiger partial charge in [-0.05, 0) is 30.5 Å². The van der Waals surface area contributed by atoms with E-state index in [0.717, 1.165) is 18.4 Å². The highest BCUT2D eigenvalue weighted by Crippen LogP contribution is 2.26. The average molecular weight is 369 g/mol. The average Bonchev–Trinajstić information content (AvgIpc) is 2.67. The molecule has 0 unspecified atom stereocenters. The van der Waals surface area contributed by atoms with Crippen molar-refractivity contribution in [2.45, 2.75) is 32.7 Å². The van der Waals surface area contributed by atoms with E-state index in [-0.39, 0.29) is 10.6 Å². The quantitative estimate of drug-likeness (QED) is 0.584. The third-order valence-electron chi connectivity index (χ3n) is 4.08. The Bertz CT molecular complexity index is 909. The minimum absolute atomic E-state index is 0.0209. The Morgan fingerprint density at radius 3 is 2.35 bits per heavy atom. The van der Waals surface area contributed by atoms with E-state index in [9.17, 15) is 4.79 Å². The Labute approximate surface area is 158 Å². The molecule has 0 aliphatic rings. The number of halogens is 1. The minimum atomic E-state index is -0.254. The predicted molar refractivity (Wildman–Crippen MR) is 104 cm³/mol.